The van der Waals surface area contributed by atoms with Gasteiger partial charge in [-0.05, 0) is 24.5 Å². The fourth-order valence-corrected chi connectivity index (χ4v) is 1.52. The van der Waals surface area contributed by atoms with E-state index in [4.69, 9.17) is 20.8 Å². The van der Waals surface area contributed by atoms with Crippen LogP contribution in [0.25, 0.3) is 0 Å². The first-order valence-corrected chi connectivity index (χ1v) is 5.55. The van der Waals surface area contributed by atoms with Crippen LogP contribution in [-0.4, -0.2) is 28.9 Å². The predicted molar refractivity (Wildman–Crippen MR) is 65.3 cm³/mol. The molecule has 0 aromatic heterocycles. The SMILES string of the molecule is CCC(Oc1ccccc1CCO)/C(N)=N/O. The topological polar surface area (TPSA) is 88.1 Å². The third-order valence-corrected chi connectivity index (χ3v) is 2.44. The lowest BCUT2D eigenvalue weighted by atomic mass is 10.1. The van der Waals surface area contributed by atoms with Gasteiger partial charge in [-0.3, -0.25) is 0 Å². The van der Waals surface area contributed by atoms with Crippen molar-refractivity contribution in [2.45, 2.75) is 25.9 Å². The summed E-state index contributed by atoms with van der Waals surface area (Å²) in [6, 6.07) is 7.40. The van der Waals surface area contributed by atoms with E-state index >= 15 is 0 Å². The largest absolute Gasteiger partial charge is 0.482 e. The second kappa shape index (κ2) is 6.75. The number of ether oxygens (including phenoxy) is 1. The summed E-state index contributed by atoms with van der Waals surface area (Å²) in [5.41, 5.74) is 6.43. The maximum absolute atomic E-state index is 8.95. The summed E-state index contributed by atoms with van der Waals surface area (Å²) in [6.07, 6.45) is 0.659. The molecule has 0 aliphatic rings. The lowest BCUT2D eigenvalue weighted by Crippen LogP contribution is -2.33. The highest BCUT2D eigenvalue weighted by Crippen LogP contribution is 2.20. The molecule has 0 bridgehead atoms. The number of rotatable bonds is 6. The fraction of sp³-hybridized carbons (Fsp3) is 0.417. The second-order valence-corrected chi connectivity index (χ2v) is 3.62. The highest BCUT2D eigenvalue weighted by molar-refractivity contribution is 5.84. The minimum atomic E-state index is -0.458. The summed E-state index contributed by atoms with van der Waals surface area (Å²) < 4.78 is 5.67. The van der Waals surface area contributed by atoms with Crippen molar-refractivity contribution >= 4 is 5.84 Å². The highest BCUT2D eigenvalue weighted by atomic mass is 16.5. The Hall–Kier alpha value is -1.75. The number of hydrogen-bond donors (Lipinski definition) is 3. The van der Waals surface area contributed by atoms with Crippen LogP contribution in [0, 0.1) is 0 Å². The first-order chi connectivity index (χ1) is 8.22. The van der Waals surface area contributed by atoms with Gasteiger partial charge >= 0.3 is 0 Å². The van der Waals surface area contributed by atoms with Crippen LogP contribution in [0.4, 0.5) is 0 Å². The molecule has 0 fully saturated rings. The van der Waals surface area contributed by atoms with Gasteiger partial charge in [-0.25, -0.2) is 0 Å². The van der Waals surface area contributed by atoms with Crippen molar-refractivity contribution in [1.82, 2.24) is 0 Å². The number of benzene rings is 1. The van der Waals surface area contributed by atoms with Gasteiger partial charge < -0.3 is 20.8 Å². The van der Waals surface area contributed by atoms with E-state index in [9.17, 15) is 0 Å². The van der Waals surface area contributed by atoms with E-state index in [0.29, 0.717) is 18.6 Å². The van der Waals surface area contributed by atoms with Crippen molar-refractivity contribution in [3.05, 3.63) is 29.8 Å². The molecule has 0 spiro atoms. The van der Waals surface area contributed by atoms with Gasteiger partial charge in [-0.2, -0.15) is 0 Å². The molecule has 0 heterocycles. The molecule has 0 amide bonds. The summed E-state index contributed by atoms with van der Waals surface area (Å²) in [4.78, 5) is 0. The number of amidine groups is 1. The molecule has 0 radical (unpaired) electrons. The Kier molecular flexibility index (Phi) is 5.29. The first kappa shape index (κ1) is 13.3. The summed E-state index contributed by atoms with van der Waals surface area (Å²) in [7, 11) is 0. The normalized spacial score (nSPS) is 13.4. The summed E-state index contributed by atoms with van der Waals surface area (Å²) in [5.74, 6) is 0.700. The molecule has 4 N–H and O–H groups in total. The van der Waals surface area contributed by atoms with E-state index in [2.05, 4.69) is 5.16 Å². The highest BCUT2D eigenvalue weighted by Gasteiger charge is 2.15. The van der Waals surface area contributed by atoms with Gasteiger partial charge in [-0.1, -0.05) is 30.3 Å². The van der Waals surface area contributed by atoms with Crippen LogP contribution >= 0.6 is 0 Å². The predicted octanol–water partition coefficient (Wildman–Crippen LogP) is 1.13. The molecule has 0 aliphatic carbocycles. The molecule has 0 saturated carbocycles. The number of aliphatic hydroxyl groups is 1. The van der Waals surface area contributed by atoms with Crippen LogP contribution in [-0.2, 0) is 6.42 Å². The smallest absolute Gasteiger partial charge is 0.180 e. The summed E-state index contributed by atoms with van der Waals surface area (Å²) >= 11 is 0. The zero-order chi connectivity index (χ0) is 12.7. The van der Waals surface area contributed by atoms with Gasteiger partial charge in [0, 0.05) is 6.61 Å². The van der Waals surface area contributed by atoms with Crippen molar-refractivity contribution in [1.29, 1.82) is 0 Å². The quantitative estimate of drug-likeness (QED) is 0.300. The van der Waals surface area contributed by atoms with Gasteiger partial charge in [0.15, 0.2) is 11.9 Å². The zero-order valence-electron chi connectivity index (χ0n) is 9.84. The van der Waals surface area contributed by atoms with Crippen molar-refractivity contribution in [3.63, 3.8) is 0 Å². The van der Waals surface area contributed by atoms with E-state index in [1.165, 1.54) is 0 Å². The average molecular weight is 238 g/mol. The van der Waals surface area contributed by atoms with E-state index in [1.54, 1.807) is 6.07 Å². The molecule has 1 rings (SSSR count). The molecule has 1 aromatic rings. The Morgan fingerprint density at radius 1 is 1.47 bits per heavy atom. The number of nitrogens with zero attached hydrogens (tertiary/aromatic N) is 1. The molecule has 5 heteroatoms. The fourth-order valence-electron chi connectivity index (χ4n) is 1.52. The number of para-hydroxylation sites is 1. The van der Waals surface area contributed by atoms with E-state index in [1.807, 2.05) is 25.1 Å². The van der Waals surface area contributed by atoms with Crippen molar-refractivity contribution in [3.8, 4) is 5.75 Å². The van der Waals surface area contributed by atoms with E-state index < -0.39 is 6.10 Å². The third kappa shape index (κ3) is 3.64. The second-order valence-electron chi connectivity index (χ2n) is 3.62. The van der Waals surface area contributed by atoms with Gasteiger partial charge in [0.1, 0.15) is 5.75 Å². The molecule has 94 valence electrons. The zero-order valence-corrected chi connectivity index (χ0v) is 9.84. The van der Waals surface area contributed by atoms with Crippen molar-refractivity contribution < 1.29 is 15.1 Å². The standard InChI is InChI=1S/C12H18N2O3/c1-2-10(12(13)14-16)17-11-6-4-3-5-9(11)7-8-15/h3-6,10,15-16H,2,7-8H2,1H3,(H2,13,14). The lowest BCUT2D eigenvalue weighted by Gasteiger charge is -2.18. The van der Waals surface area contributed by atoms with Crippen molar-refractivity contribution in [2.75, 3.05) is 6.61 Å². The molecule has 1 atom stereocenters. The number of aliphatic hydroxyl groups excluding tert-OH is 1. The molecule has 1 unspecified atom stereocenters. The Bertz CT molecular complexity index is 380. The van der Waals surface area contributed by atoms with Crippen LogP contribution in [0.3, 0.4) is 0 Å². The average Bonchev–Trinajstić information content (AvgIpc) is 2.37. The monoisotopic (exact) mass is 238 g/mol. The van der Waals surface area contributed by atoms with Gasteiger partial charge in [0.05, 0.1) is 0 Å². The third-order valence-electron chi connectivity index (χ3n) is 2.44. The number of nitrogens with two attached hydrogens (primary N) is 1. The summed E-state index contributed by atoms with van der Waals surface area (Å²) in [5, 5.41) is 20.5. The number of hydrogen-bond acceptors (Lipinski definition) is 4. The minimum Gasteiger partial charge on any atom is -0.482 e. The molecule has 1 aromatic carbocycles. The van der Waals surface area contributed by atoms with Crippen LogP contribution in [0.5, 0.6) is 5.75 Å². The van der Waals surface area contributed by atoms with Crippen LogP contribution in [0.15, 0.2) is 29.4 Å². The Morgan fingerprint density at radius 3 is 2.76 bits per heavy atom. The summed E-state index contributed by atoms with van der Waals surface area (Å²) in [6.45, 7) is 1.94. The molecular weight excluding hydrogens is 220 g/mol. The molecule has 17 heavy (non-hydrogen) atoms. The number of oxime groups is 1. The molecule has 0 aliphatic heterocycles. The Balaban J connectivity index is 2.85. The lowest BCUT2D eigenvalue weighted by molar-refractivity contribution is 0.241. The van der Waals surface area contributed by atoms with Crippen LogP contribution in [0.2, 0.25) is 0 Å². The maximum Gasteiger partial charge on any atom is 0.180 e. The first-order valence-electron chi connectivity index (χ1n) is 5.55. The molecular formula is C12H18N2O3. The molecule has 5 nitrogen and oxygen atoms in total. The minimum absolute atomic E-state index is 0.0475. The maximum atomic E-state index is 8.95. The Morgan fingerprint density at radius 2 is 2.18 bits per heavy atom. The van der Waals surface area contributed by atoms with Gasteiger partial charge in [-0.15, -0.1) is 0 Å². The van der Waals surface area contributed by atoms with E-state index in [-0.39, 0.29) is 12.4 Å². The Labute approximate surface area is 101 Å². The van der Waals surface area contributed by atoms with Crippen molar-refractivity contribution in [2.24, 2.45) is 10.9 Å². The van der Waals surface area contributed by atoms with Crippen LogP contribution in [0.1, 0.15) is 18.9 Å². The van der Waals surface area contributed by atoms with E-state index in [0.717, 1.165) is 5.56 Å². The van der Waals surface area contributed by atoms with Gasteiger partial charge in [0.2, 0.25) is 0 Å². The van der Waals surface area contributed by atoms with Gasteiger partial charge in [0.25, 0.3) is 0 Å². The van der Waals surface area contributed by atoms with Crippen LogP contribution < -0.4 is 10.5 Å². The molecule has 0 saturated heterocycles.